The molecule has 1 fully saturated rings. The molecule has 1 aromatic carbocycles. The van der Waals surface area contributed by atoms with Crippen LogP contribution >= 0.6 is 0 Å². The molecule has 1 aliphatic heterocycles. The quantitative estimate of drug-likeness (QED) is 0.775. The summed E-state index contributed by atoms with van der Waals surface area (Å²) >= 11 is 0. The van der Waals surface area contributed by atoms with Crippen LogP contribution in [0, 0.1) is 6.92 Å². The van der Waals surface area contributed by atoms with Gasteiger partial charge in [-0.05, 0) is 31.9 Å². The standard InChI is InChI=1S/C12H16O4S/c1-10-4-6-12(7-5-10)17(13,14)16-11-3-2-8-15-9-11/h4-7,11H,2-3,8-9H2,1H3/t11-/m1/s1. The summed E-state index contributed by atoms with van der Waals surface area (Å²) in [5.41, 5.74) is 1.02. The third-order valence-electron chi connectivity index (χ3n) is 2.69. The summed E-state index contributed by atoms with van der Waals surface area (Å²) in [7, 11) is -3.66. The fourth-order valence-electron chi connectivity index (χ4n) is 1.73. The van der Waals surface area contributed by atoms with Crippen molar-refractivity contribution in [2.75, 3.05) is 13.2 Å². The number of hydrogen-bond acceptors (Lipinski definition) is 4. The number of aryl methyl sites for hydroxylation is 1. The van der Waals surface area contributed by atoms with Gasteiger partial charge in [-0.3, -0.25) is 4.18 Å². The number of hydrogen-bond donors (Lipinski definition) is 0. The molecule has 0 aromatic heterocycles. The molecule has 0 aliphatic carbocycles. The topological polar surface area (TPSA) is 52.6 Å². The van der Waals surface area contributed by atoms with Gasteiger partial charge in [-0.15, -0.1) is 0 Å². The molecule has 0 saturated carbocycles. The molecule has 0 N–H and O–H groups in total. The van der Waals surface area contributed by atoms with E-state index in [1.54, 1.807) is 24.3 Å². The molecule has 0 amide bonds. The first-order chi connectivity index (χ1) is 8.08. The molecular formula is C12H16O4S. The predicted molar refractivity (Wildman–Crippen MR) is 63.3 cm³/mol. The minimum absolute atomic E-state index is 0.202. The normalized spacial score (nSPS) is 21.4. The van der Waals surface area contributed by atoms with Crippen LogP contribution in [-0.2, 0) is 19.0 Å². The molecular weight excluding hydrogens is 240 g/mol. The van der Waals surface area contributed by atoms with Gasteiger partial charge < -0.3 is 4.74 Å². The largest absolute Gasteiger partial charge is 0.379 e. The van der Waals surface area contributed by atoms with E-state index in [4.69, 9.17) is 8.92 Å². The van der Waals surface area contributed by atoms with Crippen molar-refractivity contribution in [3.8, 4) is 0 Å². The minimum Gasteiger partial charge on any atom is -0.379 e. The number of benzene rings is 1. The van der Waals surface area contributed by atoms with Crippen molar-refractivity contribution in [1.29, 1.82) is 0 Å². The molecule has 94 valence electrons. The molecule has 17 heavy (non-hydrogen) atoms. The lowest BCUT2D eigenvalue weighted by Gasteiger charge is -2.21. The van der Waals surface area contributed by atoms with Crippen molar-refractivity contribution in [1.82, 2.24) is 0 Å². The Bertz CT molecular complexity index is 458. The second kappa shape index (κ2) is 5.16. The number of ether oxygens (including phenoxy) is 1. The average Bonchev–Trinajstić information content (AvgIpc) is 2.30. The third kappa shape index (κ3) is 3.28. The van der Waals surface area contributed by atoms with Crippen LogP contribution in [0.2, 0.25) is 0 Å². The Morgan fingerprint density at radius 3 is 2.59 bits per heavy atom. The maximum Gasteiger partial charge on any atom is 0.297 e. The van der Waals surface area contributed by atoms with Crippen LogP contribution in [0.1, 0.15) is 18.4 Å². The molecule has 0 bridgehead atoms. The Labute approximate surface area is 102 Å². The van der Waals surface area contributed by atoms with E-state index in [1.807, 2.05) is 6.92 Å². The molecule has 4 nitrogen and oxygen atoms in total. The second-order valence-corrected chi connectivity index (χ2v) is 5.77. The lowest BCUT2D eigenvalue weighted by atomic mass is 10.2. The SMILES string of the molecule is Cc1ccc(S(=O)(=O)O[C@@H]2CCCOC2)cc1. The lowest BCUT2D eigenvalue weighted by molar-refractivity contribution is 0.0104. The molecule has 1 heterocycles. The van der Waals surface area contributed by atoms with E-state index in [2.05, 4.69) is 0 Å². The van der Waals surface area contributed by atoms with Gasteiger partial charge in [0.05, 0.1) is 11.5 Å². The van der Waals surface area contributed by atoms with E-state index in [0.717, 1.165) is 18.4 Å². The molecule has 0 unspecified atom stereocenters. The lowest BCUT2D eigenvalue weighted by Crippen LogP contribution is -2.28. The third-order valence-corrected chi connectivity index (χ3v) is 4.07. The van der Waals surface area contributed by atoms with E-state index >= 15 is 0 Å². The highest BCUT2D eigenvalue weighted by Crippen LogP contribution is 2.19. The van der Waals surface area contributed by atoms with Gasteiger partial charge in [0.15, 0.2) is 0 Å². The molecule has 2 rings (SSSR count). The highest BCUT2D eigenvalue weighted by molar-refractivity contribution is 7.86. The molecule has 1 aromatic rings. The molecule has 1 saturated heterocycles. The van der Waals surface area contributed by atoms with Crippen LogP contribution in [0.4, 0.5) is 0 Å². The summed E-state index contributed by atoms with van der Waals surface area (Å²) < 4.78 is 34.2. The summed E-state index contributed by atoms with van der Waals surface area (Å²) in [5, 5.41) is 0. The molecule has 0 radical (unpaired) electrons. The maximum absolute atomic E-state index is 11.9. The monoisotopic (exact) mass is 256 g/mol. The zero-order valence-corrected chi connectivity index (χ0v) is 10.6. The first-order valence-electron chi connectivity index (χ1n) is 5.66. The van der Waals surface area contributed by atoms with Gasteiger partial charge in [-0.1, -0.05) is 17.7 Å². The van der Waals surface area contributed by atoms with Crippen LogP contribution < -0.4 is 0 Å². The smallest absolute Gasteiger partial charge is 0.297 e. The van der Waals surface area contributed by atoms with Gasteiger partial charge in [0.1, 0.15) is 6.10 Å². The summed E-state index contributed by atoms with van der Waals surface area (Å²) in [6, 6.07) is 6.64. The van der Waals surface area contributed by atoms with E-state index in [-0.39, 0.29) is 11.0 Å². The summed E-state index contributed by atoms with van der Waals surface area (Å²) in [5.74, 6) is 0. The Balaban J connectivity index is 2.10. The van der Waals surface area contributed by atoms with Crippen LogP contribution in [-0.4, -0.2) is 27.7 Å². The van der Waals surface area contributed by atoms with Crippen molar-refractivity contribution in [2.45, 2.75) is 30.8 Å². The Hall–Kier alpha value is -0.910. The van der Waals surface area contributed by atoms with Crippen LogP contribution in [0.5, 0.6) is 0 Å². The zero-order chi connectivity index (χ0) is 12.3. The van der Waals surface area contributed by atoms with Crippen LogP contribution in [0.25, 0.3) is 0 Å². The fourth-order valence-corrected chi connectivity index (χ4v) is 2.82. The van der Waals surface area contributed by atoms with Crippen molar-refractivity contribution in [3.63, 3.8) is 0 Å². The zero-order valence-electron chi connectivity index (χ0n) is 9.76. The van der Waals surface area contributed by atoms with Crippen LogP contribution in [0.3, 0.4) is 0 Å². The second-order valence-electron chi connectivity index (χ2n) is 4.20. The van der Waals surface area contributed by atoms with Crippen LogP contribution in [0.15, 0.2) is 29.2 Å². The van der Waals surface area contributed by atoms with E-state index < -0.39 is 10.1 Å². The first-order valence-corrected chi connectivity index (χ1v) is 7.06. The van der Waals surface area contributed by atoms with Gasteiger partial charge >= 0.3 is 0 Å². The summed E-state index contributed by atoms with van der Waals surface area (Å²) in [6.45, 7) is 2.95. The summed E-state index contributed by atoms with van der Waals surface area (Å²) in [4.78, 5) is 0.202. The van der Waals surface area contributed by atoms with Gasteiger partial charge in [0.25, 0.3) is 10.1 Å². The van der Waals surface area contributed by atoms with Gasteiger partial charge in [-0.2, -0.15) is 8.42 Å². The highest BCUT2D eigenvalue weighted by Gasteiger charge is 2.23. The maximum atomic E-state index is 11.9. The average molecular weight is 256 g/mol. The van der Waals surface area contributed by atoms with Crippen molar-refractivity contribution in [2.24, 2.45) is 0 Å². The van der Waals surface area contributed by atoms with Gasteiger partial charge in [0, 0.05) is 6.61 Å². The Morgan fingerprint density at radius 2 is 2.00 bits per heavy atom. The van der Waals surface area contributed by atoms with E-state index in [0.29, 0.717) is 13.2 Å². The Morgan fingerprint density at radius 1 is 1.29 bits per heavy atom. The fraction of sp³-hybridized carbons (Fsp3) is 0.500. The minimum atomic E-state index is -3.66. The van der Waals surface area contributed by atoms with Gasteiger partial charge in [-0.25, -0.2) is 0 Å². The highest BCUT2D eigenvalue weighted by atomic mass is 32.2. The van der Waals surface area contributed by atoms with Crippen molar-refractivity contribution in [3.05, 3.63) is 29.8 Å². The van der Waals surface area contributed by atoms with Crippen molar-refractivity contribution >= 4 is 10.1 Å². The Kier molecular flexibility index (Phi) is 3.81. The summed E-state index contributed by atoms with van der Waals surface area (Å²) in [6.07, 6.45) is 1.22. The molecule has 5 heteroatoms. The van der Waals surface area contributed by atoms with E-state index in [9.17, 15) is 8.42 Å². The number of rotatable bonds is 3. The molecule has 0 spiro atoms. The predicted octanol–water partition coefficient (Wildman–Crippen LogP) is 1.88. The molecule has 1 aliphatic rings. The molecule has 1 atom stereocenters. The van der Waals surface area contributed by atoms with Crippen molar-refractivity contribution < 1.29 is 17.3 Å². The van der Waals surface area contributed by atoms with Gasteiger partial charge in [0.2, 0.25) is 0 Å². The van der Waals surface area contributed by atoms with E-state index in [1.165, 1.54) is 0 Å². The first kappa shape index (κ1) is 12.5.